The van der Waals surface area contributed by atoms with Gasteiger partial charge in [0.2, 0.25) is 0 Å². The monoisotopic (exact) mass is 196 g/mol. The van der Waals surface area contributed by atoms with Crippen LogP contribution in [0.25, 0.3) is 0 Å². The predicted octanol–water partition coefficient (Wildman–Crippen LogP) is 0.879. The number of anilines is 1. The van der Waals surface area contributed by atoms with Crippen LogP contribution < -0.4 is 4.72 Å². The molecule has 0 amide bonds. The molecule has 5 nitrogen and oxygen atoms in total. The summed E-state index contributed by atoms with van der Waals surface area (Å²) in [5.41, 5.74) is 0. The van der Waals surface area contributed by atoms with E-state index in [0.717, 1.165) is 0 Å². The van der Waals surface area contributed by atoms with Gasteiger partial charge >= 0.3 is 9.24 Å². The van der Waals surface area contributed by atoms with Gasteiger partial charge < -0.3 is 4.52 Å². The Morgan fingerprint density at radius 2 is 2.36 bits per heavy atom. The van der Waals surface area contributed by atoms with Gasteiger partial charge in [0.1, 0.15) is 5.76 Å². The molecule has 0 spiro atoms. The molecule has 0 radical (unpaired) electrons. The van der Waals surface area contributed by atoms with Crippen molar-refractivity contribution in [3.8, 4) is 0 Å². The first-order valence-corrected chi connectivity index (χ1v) is 4.94. The second kappa shape index (κ2) is 2.71. The molecule has 0 atom stereocenters. The Kier molecular flexibility index (Phi) is 2.05. The second-order valence-electron chi connectivity index (χ2n) is 1.86. The average Bonchev–Trinajstić information content (AvgIpc) is 2.10. The number of aromatic nitrogens is 1. The van der Waals surface area contributed by atoms with Crippen LogP contribution in [0, 0.1) is 6.92 Å². The van der Waals surface area contributed by atoms with Gasteiger partial charge in [-0.3, -0.25) is 4.72 Å². The van der Waals surface area contributed by atoms with Gasteiger partial charge in [0.05, 0.1) is 0 Å². The number of hydrogen-bond acceptors (Lipinski definition) is 4. The van der Waals surface area contributed by atoms with Gasteiger partial charge in [0.25, 0.3) is 0 Å². The van der Waals surface area contributed by atoms with E-state index in [4.69, 9.17) is 10.7 Å². The lowest BCUT2D eigenvalue weighted by Gasteiger charge is -1.91. The minimum Gasteiger partial charge on any atom is -0.360 e. The molecule has 0 bridgehead atoms. The van der Waals surface area contributed by atoms with Gasteiger partial charge in [-0.25, -0.2) is 0 Å². The van der Waals surface area contributed by atoms with Crippen molar-refractivity contribution in [3.63, 3.8) is 0 Å². The third kappa shape index (κ3) is 2.77. The van der Waals surface area contributed by atoms with Crippen molar-refractivity contribution in [1.82, 2.24) is 5.16 Å². The van der Waals surface area contributed by atoms with E-state index in [1.165, 1.54) is 6.07 Å². The summed E-state index contributed by atoms with van der Waals surface area (Å²) in [6.07, 6.45) is 0. The zero-order chi connectivity index (χ0) is 8.48. The molecule has 0 aliphatic rings. The first-order chi connectivity index (χ1) is 4.97. The lowest BCUT2D eigenvalue weighted by Crippen LogP contribution is -2.03. The first-order valence-electron chi connectivity index (χ1n) is 2.63. The minimum absolute atomic E-state index is 0.0810. The average molecular weight is 197 g/mol. The Morgan fingerprint density at radius 3 is 2.73 bits per heavy atom. The van der Waals surface area contributed by atoms with Crippen LogP contribution in [-0.2, 0) is 9.24 Å². The maximum Gasteiger partial charge on any atom is 0.320 e. The Hall–Kier alpha value is -0.750. The number of aryl methyl sites for hydroxylation is 1. The summed E-state index contributed by atoms with van der Waals surface area (Å²) in [4.78, 5) is 0. The van der Waals surface area contributed by atoms with Gasteiger partial charge in [-0.05, 0) is 6.92 Å². The van der Waals surface area contributed by atoms with Crippen LogP contribution in [0.3, 0.4) is 0 Å². The summed E-state index contributed by atoms with van der Waals surface area (Å²) in [6.45, 7) is 1.64. The molecule has 1 aromatic rings. The van der Waals surface area contributed by atoms with E-state index >= 15 is 0 Å². The van der Waals surface area contributed by atoms with Crippen molar-refractivity contribution in [3.05, 3.63) is 11.8 Å². The lowest BCUT2D eigenvalue weighted by atomic mass is 10.5. The standard InChI is InChI=1S/C4H5ClN2O3S/c1-3-2-4(6-10-3)7-11(5,8)9/h2H,1H3,(H,6,7). The smallest absolute Gasteiger partial charge is 0.320 e. The maximum atomic E-state index is 10.4. The van der Waals surface area contributed by atoms with E-state index in [-0.39, 0.29) is 5.82 Å². The molecule has 0 saturated heterocycles. The molecular formula is C4H5ClN2O3S. The summed E-state index contributed by atoms with van der Waals surface area (Å²) in [6, 6.07) is 1.42. The Balaban J connectivity index is 2.81. The highest BCUT2D eigenvalue weighted by Crippen LogP contribution is 2.10. The fourth-order valence-electron chi connectivity index (χ4n) is 0.539. The predicted molar refractivity (Wildman–Crippen MR) is 39.6 cm³/mol. The molecule has 0 aliphatic carbocycles. The molecule has 0 unspecified atom stereocenters. The number of rotatable bonds is 2. The molecule has 0 fully saturated rings. The topological polar surface area (TPSA) is 72.2 Å². The van der Waals surface area contributed by atoms with Crippen molar-refractivity contribution in [1.29, 1.82) is 0 Å². The third-order valence-corrected chi connectivity index (χ3v) is 1.54. The molecule has 1 rings (SSSR count). The quantitative estimate of drug-likeness (QED) is 0.713. The number of halogens is 1. The normalized spacial score (nSPS) is 11.5. The molecule has 62 valence electrons. The van der Waals surface area contributed by atoms with Crippen molar-refractivity contribution < 1.29 is 12.9 Å². The Bertz CT molecular complexity index is 344. The van der Waals surface area contributed by atoms with Crippen molar-refractivity contribution in [2.75, 3.05) is 4.72 Å². The summed E-state index contributed by atoms with van der Waals surface area (Å²) < 4.78 is 27.3. The van der Waals surface area contributed by atoms with E-state index in [9.17, 15) is 8.42 Å². The first kappa shape index (κ1) is 8.35. The van der Waals surface area contributed by atoms with Crippen LogP contribution in [0.2, 0.25) is 0 Å². The molecule has 0 saturated carbocycles. The molecule has 0 aromatic carbocycles. The second-order valence-corrected chi connectivity index (χ2v) is 4.16. The van der Waals surface area contributed by atoms with Gasteiger partial charge in [-0.2, -0.15) is 8.42 Å². The van der Waals surface area contributed by atoms with E-state index in [0.29, 0.717) is 5.76 Å². The van der Waals surface area contributed by atoms with Crippen LogP contribution in [0.1, 0.15) is 5.76 Å². The van der Waals surface area contributed by atoms with Crippen LogP contribution in [0.4, 0.5) is 5.82 Å². The zero-order valence-electron chi connectivity index (χ0n) is 5.54. The van der Waals surface area contributed by atoms with Crippen molar-refractivity contribution in [2.24, 2.45) is 0 Å². The Labute approximate surface area is 67.9 Å². The molecular weight excluding hydrogens is 192 g/mol. The highest BCUT2D eigenvalue weighted by Gasteiger charge is 2.07. The van der Waals surface area contributed by atoms with Crippen LogP contribution in [0.15, 0.2) is 10.6 Å². The summed E-state index contributed by atoms with van der Waals surface area (Å²) in [7, 11) is 1.09. The molecule has 1 aromatic heterocycles. The van der Waals surface area contributed by atoms with Gasteiger partial charge in [0, 0.05) is 16.7 Å². The van der Waals surface area contributed by atoms with Crippen LogP contribution >= 0.6 is 10.7 Å². The maximum absolute atomic E-state index is 10.4. The highest BCUT2D eigenvalue weighted by molar-refractivity contribution is 8.14. The van der Waals surface area contributed by atoms with Crippen molar-refractivity contribution >= 4 is 25.7 Å². The van der Waals surface area contributed by atoms with Crippen LogP contribution in [0.5, 0.6) is 0 Å². The number of nitrogens with one attached hydrogen (secondary N) is 1. The number of nitrogens with zero attached hydrogens (tertiary/aromatic N) is 1. The number of hydrogen-bond donors (Lipinski definition) is 1. The third-order valence-electron chi connectivity index (χ3n) is 0.854. The summed E-state index contributed by atoms with van der Waals surface area (Å²) >= 11 is 0. The van der Waals surface area contributed by atoms with E-state index in [2.05, 4.69) is 9.68 Å². The van der Waals surface area contributed by atoms with E-state index in [1.54, 1.807) is 6.92 Å². The highest BCUT2D eigenvalue weighted by atomic mass is 35.7. The molecule has 11 heavy (non-hydrogen) atoms. The largest absolute Gasteiger partial charge is 0.360 e. The van der Waals surface area contributed by atoms with E-state index < -0.39 is 9.24 Å². The SMILES string of the molecule is Cc1cc(NS(=O)(=O)Cl)no1. The van der Waals surface area contributed by atoms with Gasteiger partial charge in [0.15, 0.2) is 5.82 Å². The van der Waals surface area contributed by atoms with Gasteiger partial charge in [-0.15, -0.1) is 0 Å². The zero-order valence-corrected chi connectivity index (χ0v) is 7.11. The fourth-order valence-corrected chi connectivity index (χ4v) is 1.12. The van der Waals surface area contributed by atoms with E-state index in [1.807, 2.05) is 4.72 Å². The van der Waals surface area contributed by atoms with Gasteiger partial charge in [-0.1, -0.05) is 5.16 Å². The Morgan fingerprint density at radius 1 is 1.73 bits per heavy atom. The lowest BCUT2D eigenvalue weighted by molar-refractivity contribution is 0.400. The van der Waals surface area contributed by atoms with Crippen LogP contribution in [-0.4, -0.2) is 13.6 Å². The molecule has 7 heteroatoms. The van der Waals surface area contributed by atoms with Crippen molar-refractivity contribution in [2.45, 2.75) is 6.92 Å². The molecule has 0 aliphatic heterocycles. The minimum atomic E-state index is -3.76. The molecule has 1 N–H and O–H groups in total. The molecule has 1 heterocycles. The fraction of sp³-hybridized carbons (Fsp3) is 0.250. The summed E-state index contributed by atoms with van der Waals surface area (Å²) in [5.74, 6) is 0.588. The summed E-state index contributed by atoms with van der Waals surface area (Å²) in [5, 5.41) is 3.35.